The lowest BCUT2D eigenvalue weighted by atomic mass is 9.89. The number of allylic oxidation sites excluding steroid dienone is 3. The number of benzene rings is 1. The van der Waals surface area contributed by atoms with E-state index in [4.69, 9.17) is 5.73 Å². The largest absolute Gasteiger partial charge is 0.325 e. The van der Waals surface area contributed by atoms with E-state index in [-0.39, 0.29) is 5.92 Å². The Morgan fingerprint density at radius 1 is 1.32 bits per heavy atom. The van der Waals surface area contributed by atoms with Crippen molar-refractivity contribution < 1.29 is 4.39 Å². The summed E-state index contributed by atoms with van der Waals surface area (Å²) in [6, 6.07) is 7.80. The average Bonchev–Trinajstić information content (AvgIpc) is 2.46. The fourth-order valence-electron chi connectivity index (χ4n) is 2.35. The molecular formula is C17H24FN. The maximum Gasteiger partial charge on any atom is 0.105 e. The summed E-state index contributed by atoms with van der Waals surface area (Å²) in [5.74, 6) is 0.0846. The Bertz CT molecular complexity index is 419. The van der Waals surface area contributed by atoms with Crippen LogP contribution < -0.4 is 5.73 Å². The van der Waals surface area contributed by atoms with Crippen LogP contribution in [0.1, 0.15) is 43.7 Å². The highest BCUT2D eigenvalue weighted by atomic mass is 19.1. The lowest BCUT2D eigenvalue weighted by Crippen LogP contribution is -2.30. The van der Waals surface area contributed by atoms with Crippen molar-refractivity contribution in [3.63, 3.8) is 0 Å². The van der Waals surface area contributed by atoms with Gasteiger partial charge in [0.15, 0.2) is 0 Å². The van der Waals surface area contributed by atoms with E-state index in [2.05, 4.69) is 31.7 Å². The van der Waals surface area contributed by atoms with Gasteiger partial charge in [0.05, 0.1) is 0 Å². The first-order valence-corrected chi connectivity index (χ1v) is 6.92. The molecule has 2 unspecified atom stereocenters. The second kappa shape index (κ2) is 7.90. The number of nitrogens with two attached hydrogens (primary N) is 1. The Hall–Kier alpha value is -1.41. The Labute approximate surface area is 116 Å². The van der Waals surface area contributed by atoms with Gasteiger partial charge >= 0.3 is 0 Å². The third kappa shape index (κ3) is 4.03. The maximum absolute atomic E-state index is 12.7. The van der Waals surface area contributed by atoms with Crippen molar-refractivity contribution in [1.82, 2.24) is 0 Å². The number of halogens is 1. The molecule has 1 rings (SSSR count). The molecule has 1 nitrogen and oxygen atoms in total. The fourth-order valence-corrected chi connectivity index (χ4v) is 2.35. The van der Waals surface area contributed by atoms with Gasteiger partial charge in [0.2, 0.25) is 0 Å². The summed E-state index contributed by atoms with van der Waals surface area (Å²) in [6.07, 6.45) is 5.84. The van der Waals surface area contributed by atoms with Crippen molar-refractivity contribution in [2.75, 3.05) is 6.67 Å². The van der Waals surface area contributed by atoms with Crippen LogP contribution >= 0.6 is 0 Å². The topological polar surface area (TPSA) is 26.0 Å². The Balaban J connectivity index is 2.97. The molecule has 0 aliphatic heterocycles. The zero-order valence-corrected chi connectivity index (χ0v) is 11.9. The molecule has 0 fully saturated rings. The first kappa shape index (κ1) is 15.6. The third-order valence-electron chi connectivity index (χ3n) is 3.45. The van der Waals surface area contributed by atoms with Crippen LogP contribution in [0.2, 0.25) is 0 Å². The Morgan fingerprint density at radius 3 is 2.37 bits per heavy atom. The van der Waals surface area contributed by atoms with Crippen LogP contribution in [0.25, 0.3) is 5.57 Å². The van der Waals surface area contributed by atoms with E-state index in [9.17, 15) is 4.39 Å². The first-order chi connectivity index (χ1) is 9.17. The van der Waals surface area contributed by atoms with Crippen molar-refractivity contribution in [3.05, 3.63) is 54.1 Å². The lowest BCUT2D eigenvalue weighted by Gasteiger charge is -2.20. The maximum atomic E-state index is 12.7. The average molecular weight is 261 g/mol. The summed E-state index contributed by atoms with van der Waals surface area (Å²) in [7, 11) is 0. The lowest BCUT2D eigenvalue weighted by molar-refractivity contribution is 0.380. The molecule has 19 heavy (non-hydrogen) atoms. The molecule has 0 radical (unpaired) electrons. The molecule has 0 aromatic heterocycles. The van der Waals surface area contributed by atoms with Gasteiger partial charge < -0.3 is 5.73 Å². The molecule has 2 N–H and O–H groups in total. The van der Waals surface area contributed by atoms with Gasteiger partial charge in [-0.05, 0) is 29.5 Å². The normalized spacial score (nSPS) is 15.1. The molecule has 0 saturated carbocycles. The molecule has 0 bridgehead atoms. The minimum Gasteiger partial charge on any atom is -0.325 e. The zero-order chi connectivity index (χ0) is 14.3. The van der Waals surface area contributed by atoms with Crippen molar-refractivity contribution in [2.24, 2.45) is 5.73 Å². The van der Waals surface area contributed by atoms with Crippen LogP contribution in [0.3, 0.4) is 0 Å². The van der Waals surface area contributed by atoms with E-state index in [0.717, 1.165) is 29.5 Å². The molecule has 1 aromatic rings. The van der Waals surface area contributed by atoms with Gasteiger partial charge in [-0.2, -0.15) is 0 Å². The predicted octanol–water partition coefficient (Wildman–Crippen LogP) is 4.46. The molecule has 0 saturated heterocycles. The Morgan fingerprint density at radius 2 is 1.95 bits per heavy atom. The molecule has 104 valence electrons. The van der Waals surface area contributed by atoms with Gasteiger partial charge in [0, 0.05) is 12.0 Å². The number of alkyl halides is 1. The summed E-state index contributed by atoms with van der Waals surface area (Å²) in [5.41, 5.74) is 9.22. The SMILES string of the molecule is C=C/C(=C\CC)c1ccc(C(CC)C(N)CF)cc1. The van der Waals surface area contributed by atoms with E-state index in [1.807, 2.05) is 25.1 Å². The van der Waals surface area contributed by atoms with E-state index in [1.165, 1.54) is 0 Å². The highest BCUT2D eigenvalue weighted by Gasteiger charge is 2.17. The number of hydrogen-bond acceptors (Lipinski definition) is 1. The van der Waals surface area contributed by atoms with E-state index in [1.54, 1.807) is 0 Å². The monoisotopic (exact) mass is 261 g/mol. The van der Waals surface area contributed by atoms with Gasteiger partial charge in [-0.1, -0.05) is 56.8 Å². The third-order valence-corrected chi connectivity index (χ3v) is 3.45. The first-order valence-electron chi connectivity index (χ1n) is 6.92. The fraction of sp³-hybridized carbons (Fsp3) is 0.412. The van der Waals surface area contributed by atoms with Gasteiger partial charge in [-0.25, -0.2) is 4.39 Å². The minimum absolute atomic E-state index is 0.0846. The van der Waals surface area contributed by atoms with Crippen molar-refractivity contribution >= 4 is 5.57 Å². The molecular weight excluding hydrogens is 237 g/mol. The van der Waals surface area contributed by atoms with Crippen molar-refractivity contribution in [2.45, 2.75) is 38.6 Å². The molecule has 0 aliphatic rings. The molecule has 0 aliphatic carbocycles. The second-order valence-electron chi connectivity index (χ2n) is 4.73. The van der Waals surface area contributed by atoms with Crippen LogP contribution in [0.5, 0.6) is 0 Å². The number of rotatable bonds is 7. The minimum atomic E-state index is -0.478. The summed E-state index contributed by atoms with van der Waals surface area (Å²) in [6.45, 7) is 7.50. The highest BCUT2D eigenvalue weighted by molar-refractivity contribution is 5.73. The molecule has 2 atom stereocenters. The van der Waals surface area contributed by atoms with Gasteiger partial charge in [-0.15, -0.1) is 0 Å². The van der Waals surface area contributed by atoms with E-state index < -0.39 is 12.7 Å². The molecule has 0 amide bonds. The quantitative estimate of drug-likeness (QED) is 0.721. The summed E-state index contributed by atoms with van der Waals surface area (Å²) in [4.78, 5) is 0. The molecule has 0 heterocycles. The zero-order valence-electron chi connectivity index (χ0n) is 11.9. The smallest absolute Gasteiger partial charge is 0.105 e. The highest BCUT2D eigenvalue weighted by Crippen LogP contribution is 2.25. The molecule has 0 spiro atoms. The summed E-state index contributed by atoms with van der Waals surface area (Å²) < 4.78 is 12.7. The predicted molar refractivity (Wildman–Crippen MR) is 81.9 cm³/mol. The van der Waals surface area contributed by atoms with Crippen LogP contribution in [0.15, 0.2) is 43.0 Å². The van der Waals surface area contributed by atoms with Crippen LogP contribution in [-0.2, 0) is 0 Å². The van der Waals surface area contributed by atoms with E-state index >= 15 is 0 Å². The Kier molecular flexibility index (Phi) is 6.51. The van der Waals surface area contributed by atoms with Gasteiger partial charge in [-0.3, -0.25) is 0 Å². The van der Waals surface area contributed by atoms with Crippen LogP contribution in [0, 0.1) is 0 Å². The second-order valence-corrected chi connectivity index (χ2v) is 4.73. The molecule has 2 heteroatoms. The molecule has 1 aromatic carbocycles. The van der Waals surface area contributed by atoms with Gasteiger partial charge in [0.25, 0.3) is 0 Å². The van der Waals surface area contributed by atoms with Crippen LogP contribution in [0.4, 0.5) is 4.39 Å². The van der Waals surface area contributed by atoms with Gasteiger partial charge in [0.1, 0.15) is 6.67 Å². The van der Waals surface area contributed by atoms with E-state index in [0.29, 0.717) is 0 Å². The van der Waals surface area contributed by atoms with Crippen molar-refractivity contribution in [3.8, 4) is 0 Å². The number of hydrogen-bond donors (Lipinski definition) is 1. The van der Waals surface area contributed by atoms with Crippen LogP contribution in [-0.4, -0.2) is 12.7 Å². The standard InChI is InChI=1S/C17H24FN/c1-4-7-13(5-2)14-8-10-15(11-9-14)16(6-3)17(19)12-18/h5,7-11,16-17H,2,4,6,12,19H2,1,3H3/b13-7+. The summed E-state index contributed by atoms with van der Waals surface area (Å²) in [5, 5.41) is 0. The van der Waals surface area contributed by atoms with Crippen molar-refractivity contribution in [1.29, 1.82) is 0 Å². The summed E-state index contributed by atoms with van der Waals surface area (Å²) >= 11 is 0.